The number of hydrogen-bond acceptors (Lipinski definition) is 5. The van der Waals surface area contributed by atoms with Crippen molar-refractivity contribution in [3.05, 3.63) is 70.9 Å². The lowest BCUT2D eigenvalue weighted by Crippen LogP contribution is -2.18. The fraction of sp³-hybridized carbons (Fsp3) is 0.167. The Morgan fingerprint density at radius 1 is 1.08 bits per heavy atom. The predicted molar refractivity (Wildman–Crippen MR) is 97.8 cm³/mol. The molecule has 0 saturated heterocycles. The first kappa shape index (κ1) is 16.2. The summed E-state index contributed by atoms with van der Waals surface area (Å²) in [5, 5.41) is 12.0. The molecule has 2 aromatic carbocycles. The minimum Gasteiger partial charge on any atom is -0.354 e. The Bertz CT molecular complexity index is 823. The van der Waals surface area contributed by atoms with Gasteiger partial charge < -0.3 is 10.2 Å². The first-order chi connectivity index (χ1) is 11.6. The summed E-state index contributed by atoms with van der Waals surface area (Å²) in [6.45, 7) is 2.69. The smallest absolute Gasteiger partial charge is 0.249 e. The molecule has 1 heterocycles. The molecule has 0 radical (unpaired) electrons. The number of benzene rings is 2. The molecule has 0 saturated carbocycles. The topological polar surface area (TPSA) is 53.9 Å². The molecule has 0 spiro atoms. The second-order valence-electron chi connectivity index (χ2n) is 5.52. The third-order valence-electron chi connectivity index (χ3n) is 3.71. The molecule has 0 amide bonds. The highest BCUT2D eigenvalue weighted by atomic mass is 35.5. The average Bonchev–Trinajstić information content (AvgIpc) is 2.60. The van der Waals surface area contributed by atoms with Gasteiger partial charge in [-0.25, -0.2) is 0 Å². The normalized spacial score (nSPS) is 10.5. The van der Waals surface area contributed by atoms with E-state index in [0.717, 1.165) is 23.6 Å². The van der Waals surface area contributed by atoms with Crippen LogP contribution in [0.5, 0.6) is 0 Å². The van der Waals surface area contributed by atoms with E-state index in [0.29, 0.717) is 11.0 Å². The molecule has 3 rings (SSSR count). The molecular weight excluding hydrogens is 322 g/mol. The summed E-state index contributed by atoms with van der Waals surface area (Å²) in [5.74, 6) is 1.19. The minimum atomic E-state index is 0.442. The largest absolute Gasteiger partial charge is 0.354 e. The molecule has 5 nitrogen and oxygen atoms in total. The monoisotopic (exact) mass is 339 g/mol. The van der Waals surface area contributed by atoms with Gasteiger partial charge in [0.05, 0.1) is 6.20 Å². The van der Waals surface area contributed by atoms with Crippen LogP contribution in [0.3, 0.4) is 0 Å². The summed E-state index contributed by atoms with van der Waals surface area (Å²) in [6, 6.07) is 15.9. The summed E-state index contributed by atoms with van der Waals surface area (Å²) < 4.78 is 0. The fourth-order valence-corrected chi connectivity index (χ4v) is 2.51. The van der Waals surface area contributed by atoms with Crippen LogP contribution < -0.4 is 10.2 Å². The molecule has 6 heteroatoms. The number of aromatic nitrogens is 3. The lowest BCUT2D eigenvalue weighted by atomic mass is 10.2. The maximum absolute atomic E-state index is 6.15. The van der Waals surface area contributed by atoms with Gasteiger partial charge in [0.2, 0.25) is 5.95 Å². The molecule has 0 aliphatic rings. The zero-order valence-corrected chi connectivity index (χ0v) is 14.3. The first-order valence-electron chi connectivity index (χ1n) is 7.60. The van der Waals surface area contributed by atoms with E-state index in [4.69, 9.17) is 11.6 Å². The van der Waals surface area contributed by atoms with Gasteiger partial charge in [-0.1, -0.05) is 48.0 Å². The van der Waals surface area contributed by atoms with E-state index in [9.17, 15) is 0 Å². The van der Waals surface area contributed by atoms with E-state index in [1.54, 1.807) is 6.20 Å². The summed E-state index contributed by atoms with van der Waals surface area (Å²) in [7, 11) is 1.98. The van der Waals surface area contributed by atoms with Crippen molar-refractivity contribution in [1.29, 1.82) is 0 Å². The Labute approximate surface area is 146 Å². The van der Waals surface area contributed by atoms with Crippen LogP contribution in [-0.4, -0.2) is 22.2 Å². The van der Waals surface area contributed by atoms with Crippen LogP contribution in [0, 0.1) is 6.92 Å². The molecule has 0 unspecified atom stereocenters. The van der Waals surface area contributed by atoms with Gasteiger partial charge >= 0.3 is 0 Å². The van der Waals surface area contributed by atoms with Crippen LogP contribution in [0.4, 0.5) is 17.5 Å². The Morgan fingerprint density at radius 3 is 2.67 bits per heavy atom. The second kappa shape index (κ2) is 7.27. The van der Waals surface area contributed by atoms with Crippen molar-refractivity contribution < 1.29 is 0 Å². The van der Waals surface area contributed by atoms with Crippen molar-refractivity contribution >= 4 is 29.1 Å². The van der Waals surface area contributed by atoms with Gasteiger partial charge in [-0.3, -0.25) is 0 Å². The minimum absolute atomic E-state index is 0.442. The van der Waals surface area contributed by atoms with Crippen LogP contribution >= 0.6 is 11.6 Å². The van der Waals surface area contributed by atoms with Crippen molar-refractivity contribution in [3.63, 3.8) is 0 Å². The molecular formula is C18H18ClN5. The van der Waals surface area contributed by atoms with E-state index in [1.807, 2.05) is 55.3 Å². The van der Waals surface area contributed by atoms with Crippen LogP contribution in [0.25, 0.3) is 0 Å². The molecule has 0 atom stereocenters. The van der Waals surface area contributed by atoms with Crippen LogP contribution in [0.2, 0.25) is 5.02 Å². The number of rotatable bonds is 5. The van der Waals surface area contributed by atoms with Crippen LogP contribution in [-0.2, 0) is 6.54 Å². The molecule has 0 fully saturated rings. The molecule has 24 heavy (non-hydrogen) atoms. The third-order valence-corrected chi connectivity index (χ3v) is 4.12. The van der Waals surface area contributed by atoms with Crippen molar-refractivity contribution in [2.75, 3.05) is 17.3 Å². The quantitative estimate of drug-likeness (QED) is 0.754. The molecule has 3 aromatic rings. The highest BCUT2D eigenvalue weighted by Gasteiger charge is 2.08. The van der Waals surface area contributed by atoms with Gasteiger partial charge in [0.1, 0.15) is 0 Å². The molecule has 1 N–H and O–H groups in total. The van der Waals surface area contributed by atoms with Crippen LogP contribution in [0.15, 0.2) is 54.7 Å². The average molecular weight is 340 g/mol. The zero-order valence-electron chi connectivity index (χ0n) is 13.6. The van der Waals surface area contributed by atoms with E-state index in [1.165, 1.54) is 5.56 Å². The second-order valence-corrected chi connectivity index (χ2v) is 5.92. The first-order valence-corrected chi connectivity index (χ1v) is 7.98. The number of nitrogens with one attached hydrogen (secondary N) is 1. The number of halogens is 1. The summed E-state index contributed by atoms with van der Waals surface area (Å²) >= 11 is 6.15. The maximum Gasteiger partial charge on any atom is 0.249 e. The molecule has 1 aromatic heterocycles. The third kappa shape index (κ3) is 3.81. The summed E-state index contributed by atoms with van der Waals surface area (Å²) in [6.07, 6.45) is 1.65. The van der Waals surface area contributed by atoms with E-state index < -0.39 is 0 Å². The summed E-state index contributed by atoms with van der Waals surface area (Å²) in [4.78, 5) is 6.56. The maximum atomic E-state index is 6.15. The lowest BCUT2D eigenvalue weighted by molar-refractivity contribution is 0.866. The van der Waals surface area contributed by atoms with Gasteiger partial charge in [-0.05, 0) is 30.2 Å². The zero-order chi connectivity index (χ0) is 16.9. The number of anilines is 3. The Hall–Kier alpha value is -2.66. The van der Waals surface area contributed by atoms with Gasteiger partial charge in [-0.15, -0.1) is 5.10 Å². The van der Waals surface area contributed by atoms with Gasteiger partial charge in [-0.2, -0.15) is 10.1 Å². The van der Waals surface area contributed by atoms with E-state index >= 15 is 0 Å². The molecule has 0 aliphatic carbocycles. The number of nitrogens with zero attached hydrogens (tertiary/aromatic N) is 4. The van der Waals surface area contributed by atoms with Gasteiger partial charge in [0, 0.05) is 24.3 Å². The molecule has 0 bridgehead atoms. The standard InChI is InChI=1S/C18H18ClN5/c1-13-15(19)9-6-10-16(13)21-18-22-17(11-20-23-18)24(2)12-14-7-4-3-5-8-14/h3-11H,12H2,1-2H3,(H,21,22,23). The highest BCUT2D eigenvalue weighted by Crippen LogP contribution is 2.25. The van der Waals surface area contributed by atoms with Gasteiger partial charge in [0.15, 0.2) is 5.82 Å². The molecule has 122 valence electrons. The SMILES string of the molecule is Cc1c(Cl)cccc1Nc1nncc(N(C)Cc2ccccc2)n1. The summed E-state index contributed by atoms with van der Waals surface area (Å²) in [5.41, 5.74) is 3.02. The predicted octanol–water partition coefficient (Wildman–Crippen LogP) is 4.21. The fourth-order valence-electron chi connectivity index (χ4n) is 2.33. The Morgan fingerprint density at radius 2 is 1.88 bits per heavy atom. The highest BCUT2D eigenvalue weighted by molar-refractivity contribution is 6.31. The van der Waals surface area contributed by atoms with Crippen molar-refractivity contribution in [3.8, 4) is 0 Å². The lowest BCUT2D eigenvalue weighted by Gasteiger charge is -2.18. The van der Waals surface area contributed by atoms with Crippen LogP contribution in [0.1, 0.15) is 11.1 Å². The van der Waals surface area contributed by atoms with Crippen molar-refractivity contribution in [2.24, 2.45) is 0 Å². The van der Waals surface area contributed by atoms with E-state index in [-0.39, 0.29) is 0 Å². The number of hydrogen-bond donors (Lipinski definition) is 1. The molecule has 0 aliphatic heterocycles. The van der Waals surface area contributed by atoms with Crippen molar-refractivity contribution in [1.82, 2.24) is 15.2 Å². The Kier molecular flexibility index (Phi) is 4.91. The van der Waals surface area contributed by atoms with Crippen molar-refractivity contribution in [2.45, 2.75) is 13.5 Å². The van der Waals surface area contributed by atoms with E-state index in [2.05, 4.69) is 32.6 Å². The van der Waals surface area contributed by atoms with Gasteiger partial charge in [0.25, 0.3) is 0 Å². The Balaban J connectivity index is 1.77.